The number of aryl methyl sites for hydroxylation is 1. The summed E-state index contributed by atoms with van der Waals surface area (Å²) >= 11 is 0. The van der Waals surface area contributed by atoms with Crippen LogP contribution in [0.1, 0.15) is 62.6 Å². The van der Waals surface area contributed by atoms with Gasteiger partial charge in [0.1, 0.15) is 0 Å². The Balaban J connectivity index is 1.97. The Hall–Kier alpha value is -0.820. The first kappa shape index (κ1) is 13.6. The summed E-state index contributed by atoms with van der Waals surface area (Å²) in [6.07, 6.45) is 9.64. The normalized spacial score (nSPS) is 18.8. The molecule has 0 aliphatic heterocycles. The monoisotopic (exact) mass is 245 g/mol. The summed E-state index contributed by atoms with van der Waals surface area (Å²) in [5.41, 5.74) is 2.89. The molecule has 1 saturated carbocycles. The zero-order valence-corrected chi connectivity index (χ0v) is 11.9. The van der Waals surface area contributed by atoms with E-state index in [4.69, 9.17) is 0 Å². The fraction of sp³-hybridized carbons (Fsp3) is 0.647. The largest absolute Gasteiger partial charge is 0.313 e. The lowest BCUT2D eigenvalue weighted by Crippen LogP contribution is -2.21. The van der Waals surface area contributed by atoms with Crippen LogP contribution in [0.2, 0.25) is 0 Å². The van der Waals surface area contributed by atoms with E-state index in [0.29, 0.717) is 6.04 Å². The van der Waals surface area contributed by atoms with Crippen molar-refractivity contribution in [1.82, 2.24) is 5.32 Å². The molecule has 0 spiro atoms. The summed E-state index contributed by atoms with van der Waals surface area (Å²) < 4.78 is 0. The lowest BCUT2D eigenvalue weighted by atomic mass is 9.83. The van der Waals surface area contributed by atoms with Crippen LogP contribution in [0.5, 0.6) is 0 Å². The van der Waals surface area contributed by atoms with Crippen molar-refractivity contribution < 1.29 is 0 Å². The maximum atomic E-state index is 3.50. The summed E-state index contributed by atoms with van der Waals surface area (Å²) in [4.78, 5) is 0. The molecular formula is C17H27N. The summed E-state index contributed by atoms with van der Waals surface area (Å²) in [6, 6.07) is 9.71. The van der Waals surface area contributed by atoms with Crippen molar-refractivity contribution in [2.75, 3.05) is 7.05 Å². The minimum Gasteiger partial charge on any atom is -0.313 e. The van der Waals surface area contributed by atoms with Crippen LogP contribution >= 0.6 is 0 Å². The van der Waals surface area contributed by atoms with Gasteiger partial charge in [0.25, 0.3) is 0 Å². The fourth-order valence-electron chi connectivity index (χ4n) is 3.16. The fourth-order valence-corrected chi connectivity index (χ4v) is 3.16. The van der Waals surface area contributed by atoms with Crippen LogP contribution in [0.3, 0.4) is 0 Å². The Morgan fingerprint density at radius 3 is 2.33 bits per heavy atom. The first-order valence-electron chi connectivity index (χ1n) is 7.59. The van der Waals surface area contributed by atoms with Gasteiger partial charge >= 0.3 is 0 Å². The molecule has 0 aromatic heterocycles. The number of hydrogen-bond donors (Lipinski definition) is 1. The molecule has 1 aromatic carbocycles. The smallest absolute Gasteiger partial charge is 0.0320 e. The van der Waals surface area contributed by atoms with Gasteiger partial charge in [0.05, 0.1) is 0 Å². The minimum absolute atomic E-state index is 0.541. The molecule has 0 radical (unpaired) electrons. The maximum Gasteiger partial charge on any atom is 0.0320 e. The lowest BCUT2D eigenvalue weighted by molar-refractivity contribution is 0.306. The average molecular weight is 245 g/mol. The highest BCUT2D eigenvalue weighted by Crippen LogP contribution is 2.31. The molecule has 1 N–H and O–H groups in total. The van der Waals surface area contributed by atoms with Crippen molar-refractivity contribution in [1.29, 1.82) is 0 Å². The predicted octanol–water partition coefficient (Wildman–Crippen LogP) is 4.48. The highest BCUT2D eigenvalue weighted by atomic mass is 14.9. The average Bonchev–Trinajstić information content (AvgIpc) is 2.46. The van der Waals surface area contributed by atoms with E-state index in [1.807, 2.05) is 0 Å². The van der Waals surface area contributed by atoms with Gasteiger partial charge in [0, 0.05) is 6.04 Å². The molecule has 0 saturated heterocycles. The van der Waals surface area contributed by atoms with Crippen LogP contribution < -0.4 is 5.32 Å². The van der Waals surface area contributed by atoms with E-state index in [-0.39, 0.29) is 0 Å². The van der Waals surface area contributed by atoms with Crippen molar-refractivity contribution in [3.63, 3.8) is 0 Å². The molecule has 1 aliphatic carbocycles. The highest BCUT2D eigenvalue weighted by Gasteiger charge is 2.18. The molecule has 100 valence electrons. The summed E-state index contributed by atoms with van der Waals surface area (Å²) in [5, 5.41) is 3.50. The molecule has 1 heteroatoms. The Morgan fingerprint density at radius 2 is 1.78 bits per heavy atom. The third kappa shape index (κ3) is 3.58. The highest BCUT2D eigenvalue weighted by molar-refractivity contribution is 5.25. The first-order valence-corrected chi connectivity index (χ1v) is 7.59. The third-order valence-corrected chi connectivity index (χ3v) is 4.43. The van der Waals surface area contributed by atoms with Crippen molar-refractivity contribution in [3.05, 3.63) is 35.4 Å². The zero-order valence-electron chi connectivity index (χ0n) is 11.9. The lowest BCUT2D eigenvalue weighted by Gasteiger charge is -2.26. The van der Waals surface area contributed by atoms with Gasteiger partial charge in [-0.1, -0.05) is 63.3 Å². The maximum absolute atomic E-state index is 3.50. The van der Waals surface area contributed by atoms with E-state index >= 15 is 0 Å². The van der Waals surface area contributed by atoms with Crippen LogP contribution in [-0.4, -0.2) is 7.05 Å². The van der Waals surface area contributed by atoms with Crippen molar-refractivity contribution in [3.8, 4) is 0 Å². The van der Waals surface area contributed by atoms with Crippen LogP contribution in [0, 0.1) is 5.92 Å². The van der Waals surface area contributed by atoms with E-state index in [9.17, 15) is 0 Å². The standard InChI is InChI=1S/C17H27N/c1-3-14-9-11-16(12-10-14)17(18-2)13-15-7-5-4-6-8-15/h9-12,15,17-18H,3-8,13H2,1-2H3. The summed E-state index contributed by atoms with van der Waals surface area (Å²) in [5.74, 6) is 0.932. The number of benzene rings is 1. The van der Waals surface area contributed by atoms with Gasteiger partial charge in [-0.2, -0.15) is 0 Å². The summed E-state index contributed by atoms with van der Waals surface area (Å²) in [7, 11) is 2.10. The van der Waals surface area contributed by atoms with Crippen molar-refractivity contribution in [2.45, 2.75) is 57.9 Å². The van der Waals surface area contributed by atoms with E-state index < -0.39 is 0 Å². The molecule has 18 heavy (non-hydrogen) atoms. The van der Waals surface area contributed by atoms with E-state index in [2.05, 4.69) is 43.6 Å². The third-order valence-electron chi connectivity index (χ3n) is 4.43. The zero-order chi connectivity index (χ0) is 12.8. The topological polar surface area (TPSA) is 12.0 Å². The molecule has 0 amide bonds. The van der Waals surface area contributed by atoms with Gasteiger partial charge < -0.3 is 5.32 Å². The van der Waals surface area contributed by atoms with Crippen molar-refractivity contribution >= 4 is 0 Å². The van der Waals surface area contributed by atoms with Gasteiger partial charge in [0.15, 0.2) is 0 Å². The Morgan fingerprint density at radius 1 is 1.11 bits per heavy atom. The van der Waals surface area contributed by atoms with Gasteiger partial charge in [-0.25, -0.2) is 0 Å². The Labute approximate surface area is 112 Å². The molecule has 0 bridgehead atoms. The number of nitrogens with one attached hydrogen (secondary N) is 1. The quantitative estimate of drug-likeness (QED) is 0.806. The van der Waals surface area contributed by atoms with Gasteiger partial charge in [0.2, 0.25) is 0 Å². The Bertz CT molecular complexity index is 335. The molecule has 2 rings (SSSR count). The summed E-state index contributed by atoms with van der Waals surface area (Å²) in [6.45, 7) is 2.21. The molecule has 0 heterocycles. The van der Waals surface area contributed by atoms with Crippen LogP contribution in [0.4, 0.5) is 0 Å². The molecule has 1 aromatic rings. The van der Waals surface area contributed by atoms with E-state index in [1.165, 1.54) is 49.7 Å². The number of hydrogen-bond acceptors (Lipinski definition) is 1. The van der Waals surface area contributed by atoms with E-state index in [0.717, 1.165) is 12.3 Å². The molecule has 1 fully saturated rings. The minimum atomic E-state index is 0.541. The van der Waals surface area contributed by atoms with E-state index in [1.54, 1.807) is 0 Å². The first-order chi connectivity index (χ1) is 8.83. The van der Waals surface area contributed by atoms with Crippen LogP contribution in [0.15, 0.2) is 24.3 Å². The molecule has 1 nitrogen and oxygen atoms in total. The second-order valence-electron chi connectivity index (χ2n) is 5.68. The molecule has 1 unspecified atom stereocenters. The second kappa shape index (κ2) is 6.94. The van der Waals surface area contributed by atoms with Crippen LogP contribution in [-0.2, 0) is 6.42 Å². The van der Waals surface area contributed by atoms with Crippen LogP contribution in [0.25, 0.3) is 0 Å². The molecular weight excluding hydrogens is 218 g/mol. The van der Waals surface area contributed by atoms with Gasteiger partial charge in [-0.05, 0) is 36.9 Å². The van der Waals surface area contributed by atoms with Gasteiger partial charge in [-0.15, -0.1) is 0 Å². The van der Waals surface area contributed by atoms with Gasteiger partial charge in [-0.3, -0.25) is 0 Å². The van der Waals surface area contributed by atoms with Crippen molar-refractivity contribution in [2.24, 2.45) is 5.92 Å². The Kier molecular flexibility index (Phi) is 5.25. The number of rotatable bonds is 5. The second-order valence-corrected chi connectivity index (χ2v) is 5.68. The SMILES string of the molecule is CCc1ccc(C(CC2CCCCC2)NC)cc1. The molecule has 1 aliphatic rings. The molecule has 1 atom stereocenters. The predicted molar refractivity (Wildman–Crippen MR) is 78.8 cm³/mol.